The summed E-state index contributed by atoms with van der Waals surface area (Å²) >= 11 is 0. The van der Waals surface area contributed by atoms with Gasteiger partial charge in [-0.1, -0.05) is 113 Å². The van der Waals surface area contributed by atoms with Gasteiger partial charge in [0.05, 0.1) is 44.5 Å². The van der Waals surface area contributed by atoms with Gasteiger partial charge in [0.25, 0.3) is 0 Å². The molecular weight excluding hydrogens is 815 g/mol. The maximum Gasteiger partial charge on any atom is 0.133 e. The quantitative estimate of drug-likeness (QED) is 0.151. The summed E-state index contributed by atoms with van der Waals surface area (Å²) in [6.45, 7) is 8.82. The fraction of sp³-hybridized carbons (Fsp3) is 0.100. The number of nitrogens with zero attached hydrogens (tertiary/aromatic N) is 4. The number of halogens is 2. The first-order chi connectivity index (χ1) is 32.3. The number of hydrogen-bond acceptors (Lipinski definition) is 2. The molecule has 0 atom stereocenters. The minimum absolute atomic E-state index is 0.258. The SMILES string of the molecule is CC(C)c1ccc(N(c2ccccc2)c2ccc3c4cc5c(cc4n4c6cccc(F)c6c2c34)c2ccc(N(c3ccccc3)c3ccc(C(C)C)cc3)c3c4c(F)cccc4n5c23)cc1. The van der Waals surface area contributed by atoms with E-state index in [-0.39, 0.29) is 11.6 Å². The van der Waals surface area contributed by atoms with Crippen LogP contribution in [0.5, 0.6) is 0 Å². The zero-order chi connectivity index (χ0) is 44.5. The second-order valence-corrected chi connectivity index (χ2v) is 18.4. The van der Waals surface area contributed by atoms with Crippen LogP contribution >= 0.6 is 0 Å². The zero-order valence-electron chi connectivity index (χ0n) is 37.0. The molecule has 4 aromatic heterocycles. The Morgan fingerprint density at radius 3 is 1.11 bits per heavy atom. The van der Waals surface area contributed by atoms with Gasteiger partial charge in [-0.05, 0) is 120 Å². The third-order valence-corrected chi connectivity index (χ3v) is 14.0. The van der Waals surface area contributed by atoms with Crippen LogP contribution in [0.15, 0.2) is 182 Å². The smallest absolute Gasteiger partial charge is 0.133 e. The number of para-hydroxylation sites is 2. The molecule has 0 unspecified atom stereocenters. The van der Waals surface area contributed by atoms with Crippen molar-refractivity contribution in [2.45, 2.75) is 39.5 Å². The van der Waals surface area contributed by atoms with Gasteiger partial charge in [0.15, 0.2) is 0 Å². The Morgan fingerprint density at radius 1 is 0.348 bits per heavy atom. The molecule has 6 heteroatoms. The molecule has 13 aromatic rings. The van der Waals surface area contributed by atoms with Gasteiger partial charge in [-0.15, -0.1) is 0 Å². The van der Waals surface area contributed by atoms with E-state index in [1.54, 1.807) is 12.1 Å². The summed E-state index contributed by atoms with van der Waals surface area (Å²) < 4.78 is 37.9. The lowest BCUT2D eigenvalue weighted by atomic mass is 10.0. The normalized spacial score (nSPS) is 12.4. The Kier molecular flexibility index (Phi) is 8.32. The summed E-state index contributed by atoms with van der Waals surface area (Å²) in [4.78, 5) is 4.51. The van der Waals surface area contributed by atoms with Gasteiger partial charge in [0.1, 0.15) is 11.6 Å². The zero-order valence-corrected chi connectivity index (χ0v) is 37.0. The molecule has 9 aromatic carbocycles. The lowest BCUT2D eigenvalue weighted by Crippen LogP contribution is -2.10. The highest BCUT2D eigenvalue weighted by atomic mass is 19.1. The van der Waals surface area contributed by atoms with E-state index in [1.807, 2.05) is 60.7 Å². The third kappa shape index (κ3) is 5.36. The molecule has 4 nitrogen and oxygen atoms in total. The van der Waals surface area contributed by atoms with Crippen molar-refractivity contribution in [3.63, 3.8) is 0 Å². The van der Waals surface area contributed by atoms with Crippen LogP contribution in [0.2, 0.25) is 0 Å². The van der Waals surface area contributed by atoms with E-state index < -0.39 is 0 Å². The van der Waals surface area contributed by atoms with E-state index in [4.69, 9.17) is 0 Å². The van der Waals surface area contributed by atoms with Crippen molar-refractivity contribution in [1.29, 1.82) is 0 Å². The number of anilines is 6. The van der Waals surface area contributed by atoms with Crippen LogP contribution in [0.4, 0.5) is 42.9 Å². The Labute approximate surface area is 380 Å². The predicted molar refractivity (Wildman–Crippen MR) is 273 cm³/mol. The average molecular weight is 859 g/mol. The van der Waals surface area contributed by atoms with E-state index >= 15 is 8.78 Å². The number of hydrogen-bond donors (Lipinski definition) is 0. The van der Waals surface area contributed by atoms with Crippen molar-refractivity contribution >= 4 is 110 Å². The third-order valence-electron chi connectivity index (χ3n) is 14.0. The fourth-order valence-electron chi connectivity index (χ4n) is 11.0. The highest BCUT2D eigenvalue weighted by Crippen LogP contribution is 2.52. The van der Waals surface area contributed by atoms with Gasteiger partial charge >= 0.3 is 0 Å². The van der Waals surface area contributed by atoms with Crippen molar-refractivity contribution in [1.82, 2.24) is 8.80 Å². The lowest BCUT2D eigenvalue weighted by Gasteiger charge is -2.27. The van der Waals surface area contributed by atoms with Crippen molar-refractivity contribution in [2.24, 2.45) is 0 Å². The average Bonchev–Trinajstić information content (AvgIpc) is 4.07. The van der Waals surface area contributed by atoms with Crippen LogP contribution in [0.25, 0.3) is 76.2 Å². The molecule has 0 saturated carbocycles. The van der Waals surface area contributed by atoms with E-state index in [1.165, 1.54) is 11.1 Å². The molecule has 0 aliphatic heterocycles. The maximum absolute atomic E-state index is 16.7. The second-order valence-electron chi connectivity index (χ2n) is 18.4. The Hall–Kier alpha value is -7.96. The molecule has 4 heterocycles. The van der Waals surface area contributed by atoms with E-state index in [9.17, 15) is 0 Å². The highest BCUT2D eigenvalue weighted by molar-refractivity contribution is 6.32. The summed E-state index contributed by atoms with van der Waals surface area (Å²) in [5.41, 5.74) is 13.8. The molecule has 0 bridgehead atoms. The van der Waals surface area contributed by atoms with Gasteiger partial charge in [-0.25, -0.2) is 8.78 Å². The van der Waals surface area contributed by atoms with Crippen molar-refractivity contribution in [3.05, 3.63) is 205 Å². The second kappa shape index (κ2) is 14.3. The van der Waals surface area contributed by atoms with Crippen LogP contribution in [0.1, 0.15) is 50.7 Å². The summed E-state index contributed by atoms with van der Waals surface area (Å²) in [5, 5.41) is 7.06. The van der Waals surface area contributed by atoms with Crippen LogP contribution < -0.4 is 9.80 Å². The molecule has 0 spiro atoms. The maximum atomic E-state index is 16.7. The Balaban J connectivity index is 1.12. The van der Waals surface area contributed by atoms with Crippen molar-refractivity contribution in [3.8, 4) is 0 Å². The van der Waals surface area contributed by atoms with Crippen LogP contribution in [0.3, 0.4) is 0 Å². The fourth-order valence-corrected chi connectivity index (χ4v) is 11.0. The summed E-state index contributed by atoms with van der Waals surface area (Å²) in [5.74, 6) is 0.264. The van der Waals surface area contributed by atoms with E-state index in [0.29, 0.717) is 22.6 Å². The molecule has 66 heavy (non-hydrogen) atoms. The van der Waals surface area contributed by atoms with Crippen molar-refractivity contribution in [2.75, 3.05) is 9.80 Å². The molecule has 0 N–H and O–H groups in total. The summed E-state index contributed by atoms with van der Waals surface area (Å²) in [6, 6.07) is 62.3. The van der Waals surface area contributed by atoms with Gasteiger partial charge in [-0.2, -0.15) is 0 Å². The van der Waals surface area contributed by atoms with Gasteiger partial charge in [-0.3, -0.25) is 0 Å². The molecule has 0 aliphatic rings. The Bertz CT molecular complexity index is 3740. The summed E-state index contributed by atoms with van der Waals surface area (Å²) in [7, 11) is 0. The monoisotopic (exact) mass is 858 g/mol. The van der Waals surface area contributed by atoms with Gasteiger partial charge in [0.2, 0.25) is 0 Å². The molecule has 318 valence electrons. The van der Waals surface area contributed by atoms with Crippen LogP contribution in [-0.4, -0.2) is 8.80 Å². The standard InChI is InChI=1S/C60H44F2N4/c1-35(2)37-21-25-41(26-22-37)63(39-13-7-5-8-14-39)51-31-29-43-45-33-54-46(34-53(45)65-49-19-11-17-47(61)55(49)57(51)59(43)65)44-30-32-52(58-56-48(62)18-12-20-50(56)66(54)60(44)58)64(40-15-9-6-10-16-40)42-27-23-38(24-28-42)36(3)4/h5-36H,1-4H3. The number of aromatic nitrogens is 2. The lowest BCUT2D eigenvalue weighted by molar-refractivity contribution is 0.640. The molecule has 0 radical (unpaired) electrons. The largest absolute Gasteiger partial charge is 0.310 e. The topological polar surface area (TPSA) is 15.3 Å². The minimum Gasteiger partial charge on any atom is -0.310 e. The van der Waals surface area contributed by atoms with Gasteiger partial charge < -0.3 is 18.6 Å². The first kappa shape index (κ1) is 38.5. The molecule has 0 aliphatic carbocycles. The first-order valence-corrected chi connectivity index (χ1v) is 22.9. The highest BCUT2D eigenvalue weighted by Gasteiger charge is 2.29. The van der Waals surface area contributed by atoms with Crippen molar-refractivity contribution < 1.29 is 8.78 Å². The minimum atomic E-state index is -0.258. The molecular formula is C60H44F2N4. The number of fused-ring (bicyclic) bond motifs is 12. The summed E-state index contributed by atoms with van der Waals surface area (Å²) in [6.07, 6.45) is 0. The van der Waals surface area contributed by atoms with Crippen LogP contribution in [0, 0.1) is 11.6 Å². The molecule has 0 saturated heterocycles. The van der Waals surface area contributed by atoms with E-state index in [2.05, 4.69) is 155 Å². The number of benzene rings is 9. The van der Waals surface area contributed by atoms with Gasteiger partial charge in [0, 0.05) is 65.8 Å². The molecule has 13 rings (SSSR count). The Morgan fingerprint density at radius 2 is 0.727 bits per heavy atom. The molecule has 0 fully saturated rings. The van der Waals surface area contributed by atoms with Crippen LogP contribution in [-0.2, 0) is 0 Å². The molecule has 0 amide bonds. The predicted octanol–water partition coefficient (Wildman–Crippen LogP) is 17.5. The first-order valence-electron chi connectivity index (χ1n) is 22.9. The number of rotatable bonds is 8. The van der Waals surface area contributed by atoms with E-state index in [0.717, 1.165) is 99.5 Å².